The van der Waals surface area contributed by atoms with Crippen LogP contribution in [-0.4, -0.2) is 35.2 Å². The van der Waals surface area contributed by atoms with Crippen molar-refractivity contribution in [2.24, 2.45) is 0 Å². The Kier molecular flexibility index (Phi) is 5.51. The summed E-state index contributed by atoms with van der Waals surface area (Å²) in [7, 11) is 0. The van der Waals surface area contributed by atoms with Crippen molar-refractivity contribution in [2.75, 3.05) is 13.1 Å². The van der Waals surface area contributed by atoms with E-state index in [4.69, 9.17) is 4.42 Å². The van der Waals surface area contributed by atoms with Crippen molar-refractivity contribution >= 4 is 6.03 Å². The van der Waals surface area contributed by atoms with E-state index < -0.39 is 0 Å². The summed E-state index contributed by atoms with van der Waals surface area (Å²) in [6.07, 6.45) is 2.19. The lowest BCUT2D eigenvalue weighted by Crippen LogP contribution is -2.34. The largest absolute Gasteiger partial charge is 0.467 e. The summed E-state index contributed by atoms with van der Waals surface area (Å²) >= 11 is 0. The molecule has 2 heterocycles. The van der Waals surface area contributed by atoms with Gasteiger partial charge in [-0.2, -0.15) is 0 Å². The van der Waals surface area contributed by atoms with Crippen molar-refractivity contribution in [2.45, 2.75) is 32.2 Å². The van der Waals surface area contributed by atoms with E-state index in [1.54, 1.807) is 12.3 Å². The lowest BCUT2D eigenvalue weighted by atomic mass is 10.1. The fraction of sp³-hybridized carbons (Fsp3) is 0.389. The number of hydrogen-bond donors (Lipinski definition) is 3. The first-order valence-electron chi connectivity index (χ1n) is 8.22. The zero-order valence-electron chi connectivity index (χ0n) is 13.6. The number of nitrogens with zero attached hydrogens (tertiary/aromatic N) is 1. The monoisotopic (exact) mass is 329 g/mol. The molecule has 1 saturated heterocycles. The predicted octanol–water partition coefficient (Wildman–Crippen LogP) is 1.85. The molecule has 6 nitrogen and oxygen atoms in total. The van der Waals surface area contributed by atoms with Crippen LogP contribution in [0.3, 0.4) is 0 Å². The Morgan fingerprint density at radius 1 is 1.17 bits per heavy atom. The average Bonchev–Trinajstić information content (AvgIpc) is 3.24. The molecule has 1 aromatic heterocycles. The maximum atomic E-state index is 11.9. The van der Waals surface area contributed by atoms with Crippen LogP contribution < -0.4 is 10.6 Å². The normalized spacial score (nSPS) is 17.8. The van der Waals surface area contributed by atoms with Crippen molar-refractivity contribution in [1.82, 2.24) is 15.5 Å². The molecule has 3 rings (SSSR count). The Labute approximate surface area is 141 Å². The highest BCUT2D eigenvalue weighted by Crippen LogP contribution is 2.16. The van der Waals surface area contributed by atoms with Gasteiger partial charge in [0.25, 0.3) is 0 Å². The van der Waals surface area contributed by atoms with Crippen molar-refractivity contribution < 1.29 is 14.3 Å². The molecule has 0 saturated carbocycles. The molecule has 1 fully saturated rings. The Bertz CT molecular complexity index is 657. The fourth-order valence-electron chi connectivity index (χ4n) is 2.90. The van der Waals surface area contributed by atoms with Crippen molar-refractivity contribution in [3.05, 3.63) is 59.5 Å². The third-order valence-electron chi connectivity index (χ3n) is 4.20. The lowest BCUT2D eigenvalue weighted by molar-refractivity contribution is 0.174. The Balaban J connectivity index is 1.50. The molecule has 1 aliphatic heterocycles. The SMILES string of the molecule is O=C(NCc1ccco1)NCc1ccccc1CN1CCC(O)C1. The average molecular weight is 329 g/mol. The van der Waals surface area contributed by atoms with E-state index in [2.05, 4.69) is 21.6 Å². The predicted molar refractivity (Wildman–Crippen MR) is 90.1 cm³/mol. The second-order valence-corrected chi connectivity index (χ2v) is 6.06. The van der Waals surface area contributed by atoms with E-state index in [1.807, 2.05) is 24.3 Å². The molecule has 1 atom stereocenters. The van der Waals surface area contributed by atoms with Gasteiger partial charge in [0.2, 0.25) is 0 Å². The number of aliphatic hydroxyl groups excluding tert-OH is 1. The van der Waals surface area contributed by atoms with Crippen molar-refractivity contribution in [3.63, 3.8) is 0 Å². The van der Waals surface area contributed by atoms with E-state index in [1.165, 1.54) is 5.56 Å². The van der Waals surface area contributed by atoms with Gasteiger partial charge in [-0.1, -0.05) is 24.3 Å². The quantitative estimate of drug-likeness (QED) is 0.756. The minimum Gasteiger partial charge on any atom is -0.467 e. The van der Waals surface area contributed by atoms with Crippen LogP contribution in [0.5, 0.6) is 0 Å². The number of carbonyl (C=O) groups is 1. The van der Waals surface area contributed by atoms with Crippen LogP contribution in [0.1, 0.15) is 23.3 Å². The number of benzene rings is 1. The Morgan fingerprint density at radius 2 is 1.96 bits per heavy atom. The molecule has 0 bridgehead atoms. The molecule has 0 radical (unpaired) electrons. The van der Waals surface area contributed by atoms with Crippen molar-refractivity contribution in [1.29, 1.82) is 0 Å². The molecule has 0 spiro atoms. The number of β-amino-alcohol motifs (C(OH)–C–C–N with tert-alkyl or cyclic N) is 1. The minimum atomic E-state index is -0.224. The molecule has 2 amide bonds. The van der Waals surface area contributed by atoms with E-state index in [0.717, 1.165) is 30.8 Å². The summed E-state index contributed by atoms with van der Waals surface area (Å²) in [5.74, 6) is 0.721. The highest BCUT2D eigenvalue weighted by atomic mass is 16.3. The van der Waals surface area contributed by atoms with Crippen LogP contribution in [0, 0.1) is 0 Å². The minimum absolute atomic E-state index is 0.220. The zero-order valence-corrected chi connectivity index (χ0v) is 13.6. The number of aliphatic hydroxyl groups is 1. The van der Waals surface area contributed by atoms with Crippen molar-refractivity contribution in [3.8, 4) is 0 Å². The van der Waals surface area contributed by atoms with Crippen LogP contribution >= 0.6 is 0 Å². The Hall–Kier alpha value is -2.31. The first kappa shape index (κ1) is 16.5. The van der Waals surface area contributed by atoms with Crippen LogP contribution in [0.25, 0.3) is 0 Å². The second kappa shape index (κ2) is 7.99. The van der Waals surface area contributed by atoms with Gasteiger partial charge >= 0.3 is 6.03 Å². The summed E-state index contributed by atoms with van der Waals surface area (Å²) in [6, 6.07) is 11.5. The maximum absolute atomic E-state index is 11.9. The molecule has 128 valence electrons. The number of furan rings is 1. The highest BCUT2D eigenvalue weighted by Gasteiger charge is 2.20. The summed E-state index contributed by atoms with van der Waals surface area (Å²) in [4.78, 5) is 14.1. The smallest absolute Gasteiger partial charge is 0.315 e. The van der Waals surface area contributed by atoms with Crippen LogP contribution in [0.4, 0.5) is 4.79 Å². The van der Waals surface area contributed by atoms with E-state index in [9.17, 15) is 9.90 Å². The van der Waals surface area contributed by atoms with Gasteiger partial charge in [-0.05, 0) is 29.7 Å². The van der Waals surface area contributed by atoms with Gasteiger partial charge in [0, 0.05) is 26.2 Å². The molecule has 1 aromatic carbocycles. The molecule has 2 aromatic rings. The van der Waals surface area contributed by atoms with Gasteiger partial charge in [0.05, 0.1) is 18.9 Å². The second-order valence-electron chi connectivity index (χ2n) is 6.06. The van der Waals surface area contributed by atoms with Gasteiger partial charge in [0.1, 0.15) is 5.76 Å². The van der Waals surface area contributed by atoms with Crippen LogP contribution in [0.15, 0.2) is 47.1 Å². The number of rotatable bonds is 6. The number of likely N-dealkylation sites (tertiary alicyclic amines) is 1. The Morgan fingerprint density at radius 3 is 2.67 bits per heavy atom. The number of urea groups is 1. The molecular weight excluding hydrogens is 306 g/mol. The van der Waals surface area contributed by atoms with E-state index >= 15 is 0 Å². The van der Waals surface area contributed by atoms with Gasteiger partial charge in [-0.15, -0.1) is 0 Å². The van der Waals surface area contributed by atoms with E-state index in [-0.39, 0.29) is 12.1 Å². The summed E-state index contributed by atoms with van der Waals surface area (Å²) in [5.41, 5.74) is 2.27. The van der Waals surface area contributed by atoms with Crippen LogP contribution in [-0.2, 0) is 19.6 Å². The summed E-state index contributed by atoms with van der Waals surface area (Å²) in [6.45, 7) is 3.25. The fourth-order valence-corrected chi connectivity index (χ4v) is 2.90. The third-order valence-corrected chi connectivity index (χ3v) is 4.20. The summed E-state index contributed by atoms with van der Waals surface area (Å²) < 4.78 is 5.18. The standard InChI is InChI=1S/C18H23N3O3/c22-16-7-8-21(13-16)12-15-5-2-1-4-14(15)10-19-18(23)20-11-17-6-3-9-24-17/h1-6,9,16,22H,7-8,10-13H2,(H2,19,20,23). The number of carbonyl (C=O) groups excluding carboxylic acids is 1. The molecule has 1 unspecified atom stereocenters. The van der Waals surface area contributed by atoms with Gasteiger partial charge in [-0.25, -0.2) is 4.79 Å². The van der Waals surface area contributed by atoms with Gasteiger partial charge in [0.15, 0.2) is 0 Å². The lowest BCUT2D eigenvalue weighted by Gasteiger charge is -2.18. The molecule has 3 N–H and O–H groups in total. The molecule has 6 heteroatoms. The highest BCUT2D eigenvalue weighted by molar-refractivity contribution is 5.73. The number of hydrogen-bond acceptors (Lipinski definition) is 4. The molecular formula is C18H23N3O3. The first-order chi connectivity index (χ1) is 11.7. The van der Waals surface area contributed by atoms with Gasteiger partial charge in [-0.3, -0.25) is 4.90 Å². The number of nitrogens with one attached hydrogen (secondary N) is 2. The topological polar surface area (TPSA) is 77.7 Å². The maximum Gasteiger partial charge on any atom is 0.315 e. The zero-order chi connectivity index (χ0) is 16.8. The van der Waals surface area contributed by atoms with Crippen LogP contribution in [0.2, 0.25) is 0 Å². The van der Waals surface area contributed by atoms with E-state index in [0.29, 0.717) is 19.6 Å². The first-order valence-corrected chi connectivity index (χ1v) is 8.22. The van der Waals surface area contributed by atoms with Gasteiger partial charge < -0.3 is 20.2 Å². The molecule has 1 aliphatic rings. The molecule has 0 aliphatic carbocycles. The number of amides is 2. The third kappa shape index (κ3) is 4.59. The molecule has 24 heavy (non-hydrogen) atoms. The summed E-state index contributed by atoms with van der Waals surface area (Å²) in [5, 5.41) is 15.3.